The summed E-state index contributed by atoms with van der Waals surface area (Å²) in [6.45, 7) is 2.36. The van der Waals surface area contributed by atoms with Crippen LogP contribution in [0.25, 0.3) is 0 Å². The van der Waals surface area contributed by atoms with Gasteiger partial charge >= 0.3 is 6.01 Å². The fourth-order valence-electron chi connectivity index (χ4n) is 2.42. The van der Waals surface area contributed by atoms with Crippen molar-refractivity contribution in [2.24, 2.45) is 0 Å². The summed E-state index contributed by atoms with van der Waals surface area (Å²) in [7, 11) is -5.17. The zero-order chi connectivity index (χ0) is 22.6. The number of aromatic nitrogens is 4. The van der Waals surface area contributed by atoms with E-state index in [-0.39, 0.29) is 33.2 Å². The maximum Gasteiger partial charge on any atom is 0.321 e. The minimum Gasteiger partial charge on any atom is -0.481 e. The van der Waals surface area contributed by atoms with E-state index in [1.165, 1.54) is 61.6 Å². The molecule has 3 rings (SSSR count). The minimum atomic E-state index is -4.02. The van der Waals surface area contributed by atoms with Crippen molar-refractivity contribution in [2.45, 2.75) is 23.3 Å². The first-order chi connectivity index (χ1) is 14.7. The van der Waals surface area contributed by atoms with Crippen LogP contribution in [-0.2, 0) is 26.6 Å². The van der Waals surface area contributed by atoms with E-state index in [4.69, 9.17) is 9.47 Å². The van der Waals surface area contributed by atoms with Crippen LogP contribution in [0.1, 0.15) is 6.92 Å². The van der Waals surface area contributed by atoms with Gasteiger partial charge in [-0.1, -0.05) is 0 Å². The molecule has 0 spiro atoms. The van der Waals surface area contributed by atoms with E-state index in [0.29, 0.717) is 6.54 Å². The van der Waals surface area contributed by atoms with Gasteiger partial charge in [-0.15, -0.1) is 0 Å². The SMILES string of the molecule is CCn1cc(S(=O)(=O)Nc2ccc(S(=O)(=O)Nc3cc(OC)nc(OC)n3)cc2)cn1. The van der Waals surface area contributed by atoms with E-state index in [9.17, 15) is 16.8 Å². The van der Waals surface area contributed by atoms with Gasteiger partial charge in [0.25, 0.3) is 20.0 Å². The van der Waals surface area contributed by atoms with Gasteiger partial charge in [0.2, 0.25) is 5.88 Å². The molecule has 0 atom stereocenters. The Kier molecular flexibility index (Phi) is 6.31. The highest BCUT2D eigenvalue weighted by molar-refractivity contribution is 7.93. The molecule has 0 bridgehead atoms. The number of benzene rings is 1. The Balaban J connectivity index is 1.78. The first-order valence-electron chi connectivity index (χ1n) is 8.82. The lowest BCUT2D eigenvalue weighted by atomic mass is 10.3. The Labute approximate surface area is 179 Å². The molecule has 0 amide bonds. The van der Waals surface area contributed by atoms with Gasteiger partial charge in [0, 0.05) is 24.5 Å². The van der Waals surface area contributed by atoms with Crippen LogP contribution in [0.4, 0.5) is 11.5 Å². The number of nitrogens with zero attached hydrogens (tertiary/aromatic N) is 4. The van der Waals surface area contributed by atoms with Gasteiger partial charge in [-0.25, -0.2) is 16.8 Å². The number of aryl methyl sites for hydroxylation is 1. The molecule has 0 saturated heterocycles. The molecule has 31 heavy (non-hydrogen) atoms. The highest BCUT2D eigenvalue weighted by atomic mass is 32.2. The van der Waals surface area contributed by atoms with Crippen LogP contribution in [0, 0.1) is 0 Å². The summed E-state index contributed by atoms with van der Waals surface area (Å²) in [5, 5.41) is 3.94. The molecule has 0 unspecified atom stereocenters. The number of hydrogen-bond donors (Lipinski definition) is 2. The number of sulfonamides is 2. The molecule has 0 aliphatic carbocycles. The van der Waals surface area contributed by atoms with Crippen LogP contribution in [0.3, 0.4) is 0 Å². The van der Waals surface area contributed by atoms with E-state index in [1.54, 1.807) is 0 Å². The Hall–Kier alpha value is -3.39. The second-order valence-corrected chi connectivity index (χ2v) is 9.41. The first-order valence-corrected chi connectivity index (χ1v) is 11.8. The average molecular weight is 469 g/mol. The normalized spacial score (nSPS) is 11.7. The van der Waals surface area contributed by atoms with Crippen molar-refractivity contribution in [3.05, 3.63) is 42.7 Å². The second kappa shape index (κ2) is 8.77. The second-order valence-electron chi connectivity index (χ2n) is 6.05. The largest absolute Gasteiger partial charge is 0.481 e. The van der Waals surface area contributed by atoms with Gasteiger partial charge in [-0.2, -0.15) is 15.1 Å². The predicted molar refractivity (Wildman–Crippen MR) is 111 cm³/mol. The van der Waals surface area contributed by atoms with Gasteiger partial charge in [0.15, 0.2) is 5.82 Å². The van der Waals surface area contributed by atoms with Crippen molar-refractivity contribution in [2.75, 3.05) is 23.7 Å². The van der Waals surface area contributed by atoms with E-state index < -0.39 is 20.0 Å². The number of rotatable bonds is 9. The highest BCUT2D eigenvalue weighted by Crippen LogP contribution is 2.22. The van der Waals surface area contributed by atoms with Crippen molar-refractivity contribution in [3.63, 3.8) is 0 Å². The monoisotopic (exact) mass is 468 g/mol. The lowest BCUT2D eigenvalue weighted by Crippen LogP contribution is -2.15. The number of ether oxygens (including phenoxy) is 2. The van der Waals surface area contributed by atoms with Crippen LogP contribution in [0.15, 0.2) is 52.5 Å². The Morgan fingerprint density at radius 2 is 1.61 bits per heavy atom. The standard InChI is InChI=1S/C17H20N6O6S2/c1-4-23-11-14(10-18-23)31(26,27)21-12-5-7-13(8-6-12)30(24,25)22-15-9-16(28-2)20-17(19-15)29-3/h5-11,21H,4H2,1-3H3,(H,19,20,22). The van der Waals surface area contributed by atoms with Gasteiger partial charge in [0.05, 0.1) is 25.3 Å². The third kappa shape index (κ3) is 5.21. The van der Waals surface area contributed by atoms with Crippen LogP contribution in [-0.4, -0.2) is 50.8 Å². The molecule has 0 fully saturated rings. The Morgan fingerprint density at radius 1 is 0.935 bits per heavy atom. The predicted octanol–water partition coefficient (Wildman–Crippen LogP) is 1.31. The van der Waals surface area contributed by atoms with Crippen molar-refractivity contribution in [1.29, 1.82) is 0 Å². The topological polar surface area (TPSA) is 154 Å². The van der Waals surface area contributed by atoms with Gasteiger partial charge < -0.3 is 9.47 Å². The summed E-state index contributed by atoms with van der Waals surface area (Å²) in [6, 6.07) is 6.39. The molecule has 1 aromatic carbocycles. The molecule has 166 valence electrons. The molecule has 14 heteroatoms. The Morgan fingerprint density at radius 3 is 2.19 bits per heavy atom. The summed E-state index contributed by atoms with van der Waals surface area (Å²) in [6.07, 6.45) is 2.63. The third-order valence-electron chi connectivity index (χ3n) is 3.97. The van der Waals surface area contributed by atoms with Crippen LogP contribution in [0.2, 0.25) is 0 Å². The average Bonchev–Trinajstić information content (AvgIpc) is 3.23. The molecule has 0 aliphatic rings. The molecule has 2 aromatic heterocycles. The minimum absolute atomic E-state index is 0.000583. The van der Waals surface area contributed by atoms with E-state index >= 15 is 0 Å². The van der Waals surface area contributed by atoms with Crippen molar-refractivity contribution >= 4 is 31.6 Å². The summed E-state index contributed by atoms with van der Waals surface area (Å²) in [5.41, 5.74) is 0.188. The summed E-state index contributed by atoms with van der Waals surface area (Å²) >= 11 is 0. The van der Waals surface area contributed by atoms with Crippen molar-refractivity contribution in [3.8, 4) is 11.9 Å². The summed E-state index contributed by atoms with van der Waals surface area (Å²) < 4.78 is 66.2. The van der Waals surface area contributed by atoms with E-state index in [1.807, 2.05) is 6.92 Å². The van der Waals surface area contributed by atoms with Gasteiger partial charge in [-0.05, 0) is 31.2 Å². The zero-order valence-corrected chi connectivity index (χ0v) is 18.4. The third-order valence-corrected chi connectivity index (χ3v) is 6.68. The van der Waals surface area contributed by atoms with Crippen LogP contribution >= 0.6 is 0 Å². The summed E-state index contributed by atoms with van der Waals surface area (Å²) in [5.74, 6) is 0.0575. The molecular formula is C17H20N6O6S2. The quantitative estimate of drug-likeness (QED) is 0.473. The molecular weight excluding hydrogens is 448 g/mol. The summed E-state index contributed by atoms with van der Waals surface area (Å²) in [4.78, 5) is 7.70. The Bertz CT molecular complexity index is 1250. The maximum atomic E-state index is 12.7. The number of nitrogens with one attached hydrogen (secondary N) is 2. The maximum absolute atomic E-state index is 12.7. The first kappa shape index (κ1) is 22.3. The van der Waals surface area contributed by atoms with Crippen molar-refractivity contribution < 1.29 is 26.3 Å². The molecule has 3 aromatic rings. The fraction of sp³-hybridized carbons (Fsp3) is 0.235. The lowest BCUT2D eigenvalue weighted by molar-refractivity contribution is 0.353. The van der Waals surface area contributed by atoms with Gasteiger partial charge in [0.1, 0.15) is 4.90 Å². The number of methoxy groups -OCH3 is 2. The fourth-order valence-corrected chi connectivity index (χ4v) is 4.42. The van der Waals surface area contributed by atoms with E-state index in [2.05, 4.69) is 24.5 Å². The molecule has 0 aliphatic heterocycles. The molecule has 2 N–H and O–H groups in total. The molecule has 0 radical (unpaired) electrons. The molecule has 12 nitrogen and oxygen atoms in total. The molecule has 2 heterocycles. The van der Waals surface area contributed by atoms with E-state index in [0.717, 1.165) is 0 Å². The number of hydrogen-bond acceptors (Lipinski definition) is 9. The molecule has 0 saturated carbocycles. The van der Waals surface area contributed by atoms with Crippen LogP contribution in [0.5, 0.6) is 11.9 Å². The number of anilines is 2. The smallest absolute Gasteiger partial charge is 0.321 e. The van der Waals surface area contributed by atoms with Crippen molar-refractivity contribution in [1.82, 2.24) is 19.7 Å². The lowest BCUT2D eigenvalue weighted by Gasteiger charge is -2.10. The van der Waals surface area contributed by atoms with Crippen LogP contribution < -0.4 is 18.9 Å². The highest BCUT2D eigenvalue weighted by Gasteiger charge is 2.19. The zero-order valence-electron chi connectivity index (χ0n) is 16.8. The van der Waals surface area contributed by atoms with Gasteiger partial charge in [-0.3, -0.25) is 14.1 Å².